The molecule has 2 atom stereocenters. The van der Waals surface area contributed by atoms with Crippen LogP contribution >= 0.6 is 11.6 Å². The summed E-state index contributed by atoms with van der Waals surface area (Å²) in [5, 5.41) is 4.48. The molecule has 3 rings (SSSR count). The summed E-state index contributed by atoms with van der Waals surface area (Å²) in [5.41, 5.74) is 1.40. The van der Waals surface area contributed by atoms with Gasteiger partial charge in [0.25, 0.3) is 0 Å². The van der Waals surface area contributed by atoms with Crippen molar-refractivity contribution in [1.82, 2.24) is 10.2 Å². The second-order valence-corrected chi connectivity index (χ2v) is 7.31. The Morgan fingerprint density at radius 2 is 1.95 bits per heavy atom. The second kappa shape index (κ2) is 7.13. The number of benzene rings is 1. The first kappa shape index (κ1) is 15.3. The van der Waals surface area contributed by atoms with Gasteiger partial charge in [-0.15, -0.1) is 0 Å². The smallest absolute Gasteiger partial charge is 0.0406 e. The lowest BCUT2D eigenvalue weighted by atomic mass is 10.0. The van der Waals surface area contributed by atoms with Crippen molar-refractivity contribution >= 4 is 11.6 Å². The molecule has 21 heavy (non-hydrogen) atoms. The van der Waals surface area contributed by atoms with Gasteiger partial charge >= 0.3 is 0 Å². The largest absolute Gasteiger partial charge is 0.313 e. The third kappa shape index (κ3) is 4.70. The Labute approximate surface area is 133 Å². The van der Waals surface area contributed by atoms with Gasteiger partial charge in [0, 0.05) is 30.2 Å². The van der Waals surface area contributed by atoms with Gasteiger partial charge in [-0.05, 0) is 69.2 Å². The summed E-state index contributed by atoms with van der Waals surface area (Å²) >= 11 is 5.98. The predicted molar refractivity (Wildman–Crippen MR) is 89.9 cm³/mol. The molecule has 1 aliphatic heterocycles. The molecule has 1 aromatic carbocycles. The number of rotatable bonds is 7. The molecule has 1 heterocycles. The molecule has 1 aliphatic carbocycles. The van der Waals surface area contributed by atoms with E-state index in [9.17, 15) is 0 Å². The van der Waals surface area contributed by atoms with Gasteiger partial charge in [-0.2, -0.15) is 0 Å². The summed E-state index contributed by atoms with van der Waals surface area (Å²) in [4.78, 5) is 2.72. The van der Waals surface area contributed by atoms with Gasteiger partial charge in [0.15, 0.2) is 0 Å². The predicted octanol–water partition coefficient (Wildman–Crippen LogP) is 3.74. The minimum absolute atomic E-state index is 0.606. The van der Waals surface area contributed by atoms with Crippen molar-refractivity contribution in [2.24, 2.45) is 5.92 Å². The third-order valence-corrected chi connectivity index (χ3v) is 5.13. The number of hydrogen-bond donors (Lipinski definition) is 1. The highest BCUT2D eigenvalue weighted by Gasteiger charge is 2.28. The molecular formula is C18H27ClN2. The van der Waals surface area contributed by atoms with Crippen molar-refractivity contribution in [3.8, 4) is 0 Å². The van der Waals surface area contributed by atoms with Gasteiger partial charge < -0.3 is 5.32 Å². The van der Waals surface area contributed by atoms with Crippen LogP contribution in [0.15, 0.2) is 24.3 Å². The Bertz CT molecular complexity index is 435. The van der Waals surface area contributed by atoms with Crippen molar-refractivity contribution in [2.45, 2.75) is 51.1 Å². The van der Waals surface area contributed by atoms with Crippen LogP contribution in [0.5, 0.6) is 0 Å². The van der Waals surface area contributed by atoms with Crippen LogP contribution in [-0.4, -0.2) is 36.6 Å². The van der Waals surface area contributed by atoms with E-state index in [1.165, 1.54) is 50.9 Å². The molecule has 0 amide bonds. The minimum Gasteiger partial charge on any atom is -0.313 e. The Balaban J connectivity index is 1.58. The average Bonchev–Trinajstić information content (AvgIpc) is 3.14. The Morgan fingerprint density at radius 1 is 1.19 bits per heavy atom. The van der Waals surface area contributed by atoms with Crippen molar-refractivity contribution in [1.29, 1.82) is 0 Å². The maximum absolute atomic E-state index is 5.98. The Kier molecular flexibility index (Phi) is 5.20. The normalized spacial score (nSPS) is 23.7. The molecule has 1 aromatic rings. The first-order chi connectivity index (χ1) is 10.2. The summed E-state index contributed by atoms with van der Waals surface area (Å²) in [6.45, 7) is 6.08. The van der Waals surface area contributed by atoms with E-state index in [4.69, 9.17) is 11.6 Å². The van der Waals surface area contributed by atoms with E-state index in [0.29, 0.717) is 12.1 Å². The topological polar surface area (TPSA) is 15.3 Å². The zero-order chi connectivity index (χ0) is 14.7. The van der Waals surface area contributed by atoms with E-state index in [1.54, 1.807) is 0 Å². The van der Waals surface area contributed by atoms with Crippen molar-refractivity contribution in [3.05, 3.63) is 34.9 Å². The molecule has 2 fully saturated rings. The van der Waals surface area contributed by atoms with Crippen LogP contribution in [0.2, 0.25) is 5.02 Å². The number of halogens is 1. The summed E-state index contributed by atoms with van der Waals surface area (Å²) in [6, 6.07) is 9.66. The highest BCUT2D eigenvalue weighted by molar-refractivity contribution is 6.30. The van der Waals surface area contributed by atoms with Crippen LogP contribution in [0.1, 0.15) is 38.2 Å². The molecule has 0 spiro atoms. The van der Waals surface area contributed by atoms with Crippen LogP contribution in [0.3, 0.4) is 0 Å². The fraction of sp³-hybridized carbons (Fsp3) is 0.667. The van der Waals surface area contributed by atoms with E-state index >= 15 is 0 Å². The monoisotopic (exact) mass is 306 g/mol. The molecule has 0 aromatic heterocycles. The van der Waals surface area contributed by atoms with Gasteiger partial charge in [0.2, 0.25) is 0 Å². The van der Waals surface area contributed by atoms with Gasteiger partial charge in [0.1, 0.15) is 0 Å². The van der Waals surface area contributed by atoms with Gasteiger partial charge in [-0.25, -0.2) is 0 Å². The van der Waals surface area contributed by atoms with E-state index in [2.05, 4.69) is 29.3 Å². The first-order valence-corrected chi connectivity index (χ1v) is 8.80. The molecule has 2 nitrogen and oxygen atoms in total. The van der Waals surface area contributed by atoms with Crippen LogP contribution in [0, 0.1) is 5.92 Å². The molecule has 3 heteroatoms. The van der Waals surface area contributed by atoms with E-state index in [1.807, 2.05) is 12.1 Å². The Hall–Kier alpha value is -0.570. The van der Waals surface area contributed by atoms with Crippen molar-refractivity contribution in [2.75, 3.05) is 19.6 Å². The molecule has 2 aliphatic rings. The first-order valence-electron chi connectivity index (χ1n) is 8.42. The molecule has 1 saturated heterocycles. The second-order valence-electron chi connectivity index (χ2n) is 6.87. The molecule has 0 bridgehead atoms. The molecule has 0 radical (unpaired) electrons. The molecular weight excluding hydrogens is 280 g/mol. The van der Waals surface area contributed by atoms with Gasteiger partial charge in [-0.1, -0.05) is 23.7 Å². The highest BCUT2D eigenvalue weighted by Crippen LogP contribution is 2.31. The zero-order valence-corrected chi connectivity index (χ0v) is 13.8. The minimum atomic E-state index is 0.606. The lowest BCUT2D eigenvalue weighted by Crippen LogP contribution is -2.44. The van der Waals surface area contributed by atoms with E-state index < -0.39 is 0 Å². The van der Waals surface area contributed by atoms with E-state index in [0.717, 1.165) is 17.4 Å². The van der Waals surface area contributed by atoms with Crippen LogP contribution in [0.25, 0.3) is 0 Å². The fourth-order valence-corrected chi connectivity index (χ4v) is 3.48. The summed E-state index contributed by atoms with van der Waals surface area (Å²) in [5.74, 6) is 0.957. The van der Waals surface area contributed by atoms with Crippen LogP contribution < -0.4 is 5.32 Å². The number of nitrogens with zero attached hydrogens (tertiary/aromatic N) is 1. The fourth-order valence-electron chi connectivity index (χ4n) is 3.35. The quantitative estimate of drug-likeness (QED) is 0.825. The van der Waals surface area contributed by atoms with Crippen molar-refractivity contribution in [3.63, 3.8) is 0 Å². The molecule has 116 valence electrons. The maximum Gasteiger partial charge on any atom is 0.0406 e. The lowest BCUT2D eigenvalue weighted by Gasteiger charge is -2.31. The summed E-state index contributed by atoms with van der Waals surface area (Å²) in [7, 11) is 0. The summed E-state index contributed by atoms with van der Waals surface area (Å²) < 4.78 is 0. The standard InChI is InChI=1S/C18H27ClN2/c1-14(11-15-6-8-17(19)9-7-15)21(12-16-4-5-16)13-18-3-2-10-20-18/h6-9,14,16,18,20H,2-5,10-13H2,1H3. The van der Waals surface area contributed by atoms with Crippen LogP contribution in [0.4, 0.5) is 0 Å². The van der Waals surface area contributed by atoms with Crippen LogP contribution in [-0.2, 0) is 6.42 Å². The van der Waals surface area contributed by atoms with Gasteiger partial charge in [-0.3, -0.25) is 4.90 Å². The molecule has 1 saturated carbocycles. The molecule has 1 N–H and O–H groups in total. The Morgan fingerprint density at radius 3 is 2.57 bits per heavy atom. The lowest BCUT2D eigenvalue weighted by molar-refractivity contribution is 0.182. The highest BCUT2D eigenvalue weighted by atomic mass is 35.5. The summed E-state index contributed by atoms with van der Waals surface area (Å²) in [6.07, 6.45) is 6.67. The average molecular weight is 307 g/mol. The van der Waals surface area contributed by atoms with Gasteiger partial charge in [0.05, 0.1) is 0 Å². The van der Waals surface area contributed by atoms with E-state index in [-0.39, 0.29) is 0 Å². The maximum atomic E-state index is 5.98. The zero-order valence-electron chi connectivity index (χ0n) is 13.0. The molecule has 2 unspecified atom stereocenters. The number of hydrogen-bond acceptors (Lipinski definition) is 2. The SMILES string of the molecule is CC(Cc1ccc(Cl)cc1)N(CC1CC1)CC1CCCN1. The van der Waals surface area contributed by atoms with Crippen molar-refractivity contribution < 1.29 is 0 Å². The third-order valence-electron chi connectivity index (χ3n) is 4.87. The number of nitrogens with one attached hydrogen (secondary N) is 1.